The number of nitrogens with one attached hydrogen (secondary N) is 1. The minimum absolute atomic E-state index is 0.0819. The molecular weight excluding hydrogens is 228 g/mol. The molecule has 0 amide bonds. The van der Waals surface area contributed by atoms with Crippen molar-refractivity contribution < 1.29 is 9.53 Å². The van der Waals surface area contributed by atoms with Crippen molar-refractivity contribution in [1.29, 1.82) is 0 Å². The van der Waals surface area contributed by atoms with Gasteiger partial charge in [0.1, 0.15) is 5.54 Å². The first-order valence-corrected chi connectivity index (χ1v) is 7.09. The van der Waals surface area contributed by atoms with Gasteiger partial charge in [-0.25, -0.2) is 4.79 Å². The van der Waals surface area contributed by atoms with E-state index in [9.17, 15) is 4.79 Å². The van der Waals surface area contributed by atoms with E-state index in [0.29, 0.717) is 12.5 Å². The molecule has 1 fully saturated rings. The average molecular weight is 256 g/mol. The van der Waals surface area contributed by atoms with Gasteiger partial charge >= 0.3 is 5.97 Å². The third-order valence-electron chi connectivity index (χ3n) is 3.52. The maximum atomic E-state index is 12.4. The second-order valence-corrected chi connectivity index (χ2v) is 5.60. The molecule has 4 heteroatoms. The lowest BCUT2D eigenvalue weighted by Crippen LogP contribution is -2.62. The van der Waals surface area contributed by atoms with E-state index in [4.69, 9.17) is 4.74 Å². The Morgan fingerprint density at radius 1 is 1.44 bits per heavy atom. The topological polar surface area (TPSA) is 41.6 Å². The molecule has 1 atom stereocenters. The van der Waals surface area contributed by atoms with E-state index in [1.165, 1.54) is 0 Å². The number of rotatable bonds is 8. The van der Waals surface area contributed by atoms with Crippen LogP contribution in [0.25, 0.3) is 0 Å². The van der Waals surface area contributed by atoms with Gasteiger partial charge in [0.25, 0.3) is 0 Å². The number of ether oxygens (including phenoxy) is 1. The minimum atomic E-state index is -0.519. The Kier molecular flexibility index (Phi) is 5.60. The van der Waals surface area contributed by atoms with Crippen molar-refractivity contribution in [3.05, 3.63) is 0 Å². The highest BCUT2D eigenvalue weighted by molar-refractivity contribution is 5.82. The van der Waals surface area contributed by atoms with Gasteiger partial charge in [-0.2, -0.15) is 0 Å². The van der Waals surface area contributed by atoms with Crippen molar-refractivity contribution in [3.8, 4) is 0 Å². The van der Waals surface area contributed by atoms with Crippen LogP contribution in [0.5, 0.6) is 0 Å². The van der Waals surface area contributed by atoms with Crippen molar-refractivity contribution >= 4 is 5.97 Å². The fourth-order valence-electron chi connectivity index (χ4n) is 2.47. The summed E-state index contributed by atoms with van der Waals surface area (Å²) in [5, 5.41) is 3.49. The van der Waals surface area contributed by atoms with Crippen LogP contribution in [0.4, 0.5) is 0 Å². The first-order chi connectivity index (χ1) is 8.46. The van der Waals surface area contributed by atoms with Gasteiger partial charge in [-0.15, -0.1) is 0 Å². The van der Waals surface area contributed by atoms with E-state index in [2.05, 4.69) is 38.0 Å². The van der Waals surface area contributed by atoms with Crippen LogP contribution in [0.1, 0.15) is 40.5 Å². The number of carbonyl (C=O) groups is 1. The predicted octanol–water partition coefficient (Wildman–Crippen LogP) is 1.65. The SMILES string of the molecule is CCOC(=O)C(CN(C)CC)(NC(C)C)C1CC1. The Hall–Kier alpha value is -0.610. The Labute approximate surface area is 111 Å². The lowest BCUT2D eigenvalue weighted by Gasteiger charge is -2.37. The van der Waals surface area contributed by atoms with Crippen LogP contribution < -0.4 is 5.32 Å². The normalized spacial score (nSPS) is 19.1. The summed E-state index contributed by atoms with van der Waals surface area (Å²) in [4.78, 5) is 14.6. The molecule has 0 aromatic heterocycles. The summed E-state index contributed by atoms with van der Waals surface area (Å²) in [6, 6.07) is 0.278. The Morgan fingerprint density at radius 3 is 2.44 bits per heavy atom. The fraction of sp³-hybridized carbons (Fsp3) is 0.929. The quantitative estimate of drug-likeness (QED) is 0.671. The van der Waals surface area contributed by atoms with E-state index >= 15 is 0 Å². The molecule has 0 saturated heterocycles. The van der Waals surface area contributed by atoms with Gasteiger partial charge in [-0.1, -0.05) is 6.92 Å². The zero-order valence-corrected chi connectivity index (χ0v) is 12.5. The van der Waals surface area contributed by atoms with Gasteiger partial charge in [0, 0.05) is 12.6 Å². The molecular formula is C14H28N2O2. The molecule has 1 unspecified atom stereocenters. The van der Waals surface area contributed by atoms with Gasteiger partial charge in [0.05, 0.1) is 6.61 Å². The lowest BCUT2D eigenvalue weighted by atomic mass is 9.91. The number of carbonyl (C=O) groups excluding carboxylic acids is 1. The molecule has 1 saturated carbocycles. The van der Waals surface area contributed by atoms with E-state index in [1.54, 1.807) is 0 Å². The molecule has 0 spiro atoms. The van der Waals surface area contributed by atoms with Crippen molar-refractivity contribution in [2.24, 2.45) is 5.92 Å². The summed E-state index contributed by atoms with van der Waals surface area (Å²) in [6.45, 7) is 10.3. The maximum absolute atomic E-state index is 12.4. The zero-order valence-electron chi connectivity index (χ0n) is 12.5. The molecule has 1 aliphatic carbocycles. The van der Waals surface area contributed by atoms with Crippen LogP contribution in [0, 0.1) is 5.92 Å². The number of hydrogen-bond donors (Lipinski definition) is 1. The summed E-state index contributed by atoms with van der Waals surface area (Å²) in [5.74, 6) is 0.342. The van der Waals surface area contributed by atoms with Crippen LogP contribution in [0.15, 0.2) is 0 Å². The van der Waals surface area contributed by atoms with Crippen molar-refractivity contribution in [2.45, 2.75) is 52.1 Å². The predicted molar refractivity (Wildman–Crippen MR) is 73.5 cm³/mol. The van der Waals surface area contributed by atoms with Crippen LogP contribution in [-0.2, 0) is 9.53 Å². The van der Waals surface area contributed by atoms with Gasteiger partial charge < -0.3 is 9.64 Å². The minimum Gasteiger partial charge on any atom is -0.465 e. The standard InChI is InChI=1S/C14H28N2O2/c1-6-16(5)10-14(12-8-9-12,15-11(3)4)13(17)18-7-2/h11-12,15H,6-10H2,1-5H3. The summed E-state index contributed by atoms with van der Waals surface area (Å²) in [5.41, 5.74) is -0.519. The lowest BCUT2D eigenvalue weighted by molar-refractivity contribution is -0.153. The highest BCUT2D eigenvalue weighted by Crippen LogP contribution is 2.41. The largest absolute Gasteiger partial charge is 0.465 e. The summed E-state index contributed by atoms with van der Waals surface area (Å²) < 4.78 is 5.33. The van der Waals surface area contributed by atoms with E-state index in [-0.39, 0.29) is 12.0 Å². The Balaban J connectivity index is 2.89. The van der Waals surface area contributed by atoms with E-state index < -0.39 is 5.54 Å². The number of esters is 1. The number of nitrogens with zero attached hydrogens (tertiary/aromatic N) is 1. The van der Waals surface area contributed by atoms with Crippen LogP contribution in [-0.4, -0.2) is 49.2 Å². The zero-order chi connectivity index (χ0) is 13.8. The van der Waals surface area contributed by atoms with Crippen LogP contribution in [0.3, 0.4) is 0 Å². The van der Waals surface area contributed by atoms with Gasteiger partial charge in [0.15, 0.2) is 0 Å². The molecule has 0 aromatic carbocycles. The second kappa shape index (κ2) is 6.53. The Morgan fingerprint density at radius 2 is 2.06 bits per heavy atom. The second-order valence-electron chi connectivity index (χ2n) is 5.60. The van der Waals surface area contributed by atoms with Crippen LogP contribution >= 0.6 is 0 Å². The number of hydrogen-bond acceptors (Lipinski definition) is 4. The van der Waals surface area contributed by atoms with Gasteiger partial charge in [-0.05, 0) is 53.1 Å². The van der Waals surface area contributed by atoms with Gasteiger partial charge in [0.2, 0.25) is 0 Å². The molecule has 106 valence electrons. The molecule has 0 aromatic rings. The van der Waals surface area contributed by atoms with E-state index in [0.717, 1.165) is 25.9 Å². The first kappa shape index (κ1) is 15.4. The summed E-state index contributed by atoms with van der Waals surface area (Å²) in [7, 11) is 2.05. The summed E-state index contributed by atoms with van der Waals surface area (Å²) in [6.07, 6.45) is 2.24. The molecule has 0 aliphatic heterocycles. The van der Waals surface area contributed by atoms with Gasteiger partial charge in [-0.3, -0.25) is 5.32 Å². The molecule has 1 aliphatic rings. The molecule has 0 bridgehead atoms. The first-order valence-electron chi connectivity index (χ1n) is 7.09. The molecule has 1 rings (SSSR count). The monoisotopic (exact) mass is 256 g/mol. The van der Waals surface area contributed by atoms with Crippen molar-refractivity contribution in [2.75, 3.05) is 26.7 Å². The highest BCUT2D eigenvalue weighted by Gasteiger charge is 2.52. The smallest absolute Gasteiger partial charge is 0.327 e. The fourth-order valence-corrected chi connectivity index (χ4v) is 2.47. The molecule has 1 N–H and O–H groups in total. The summed E-state index contributed by atoms with van der Waals surface area (Å²) >= 11 is 0. The highest BCUT2D eigenvalue weighted by atomic mass is 16.5. The van der Waals surface area contributed by atoms with Crippen LogP contribution in [0.2, 0.25) is 0 Å². The molecule has 0 heterocycles. The third kappa shape index (κ3) is 3.69. The number of likely N-dealkylation sites (N-methyl/N-ethyl adjacent to an activating group) is 1. The maximum Gasteiger partial charge on any atom is 0.327 e. The van der Waals surface area contributed by atoms with Crippen molar-refractivity contribution in [3.63, 3.8) is 0 Å². The van der Waals surface area contributed by atoms with E-state index in [1.807, 2.05) is 6.92 Å². The van der Waals surface area contributed by atoms with Crippen molar-refractivity contribution in [1.82, 2.24) is 10.2 Å². The third-order valence-corrected chi connectivity index (χ3v) is 3.52. The average Bonchev–Trinajstić information content (AvgIpc) is 3.11. The molecule has 4 nitrogen and oxygen atoms in total. The molecule has 0 radical (unpaired) electrons. The Bertz CT molecular complexity index is 277. The molecule has 18 heavy (non-hydrogen) atoms.